The van der Waals surface area contributed by atoms with Crippen molar-refractivity contribution in [3.8, 4) is 0 Å². The van der Waals surface area contributed by atoms with E-state index in [1.54, 1.807) is 0 Å². The molecule has 1 aliphatic heterocycles. The highest BCUT2D eigenvalue weighted by Crippen LogP contribution is 2.35. The van der Waals surface area contributed by atoms with Gasteiger partial charge < -0.3 is 20.1 Å². The van der Waals surface area contributed by atoms with Gasteiger partial charge in [0.1, 0.15) is 6.23 Å². The number of β-amino-alcohol motifs (C(OH)–C–C–N with tert-alkyl or cyclic N) is 1. The van der Waals surface area contributed by atoms with Crippen LogP contribution in [0, 0.1) is 5.41 Å². The van der Waals surface area contributed by atoms with E-state index in [2.05, 4.69) is 0 Å². The molecule has 7 nitrogen and oxygen atoms in total. The first-order valence-electron chi connectivity index (χ1n) is 4.76. The highest BCUT2D eigenvalue weighted by molar-refractivity contribution is 5.76. The quantitative estimate of drug-likeness (QED) is 0.609. The molecule has 1 aliphatic rings. The molecule has 1 fully saturated rings. The van der Waals surface area contributed by atoms with Gasteiger partial charge in [-0.1, -0.05) is 0 Å². The summed E-state index contributed by atoms with van der Waals surface area (Å²) in [7, 11) is 1.31. The number of aliphatic carboxylic acids is 1. The van der Waals surface area contributed by atoms with Gasteiger partial charge in [0, 0.05) is 13.5 Å². The SMILES string of the molecule is COC1CC(C)(C(=O)O)C(O)CN1C(=O)O. The van der Waals surface area contributed by atoms with Crippen molar-refractivity contribution in [2.75, 3.05) is 13.7 Å². The van der Waals surface area contributed by atoms with E-state index in [4.69, 9.17) is 14.9 Å². The molecule has 7 heteroatoms. The van der Waals surface area contributed by atoms with E-state index in [9.17, 15) is 14.7 Å². The van der Waals surface area contributed by atoms with Crippen molar-refractivity contribution in [2.24, 2.45) is 5.41 Å². The van der Waals surface area contributed by atoms with Gasteiger partial charge in [0.25, 0.3) is 0 Å². The van der Waals surface area contributed by atoms with Gasteiger partial charge >= 0.3 is 12.1 Å². The number of carboxylic acids is 1. The van der Waals surface area contributed by atoms with Crippen molar-refractivity contribution in [1.29, 1.82) is 0 Å². The minimum atomic E-state index is -1.38. The van der Waals surface area contributed by atoms with E-state index in [0.717, 1.165) is 4.90 Å². The van der Waals surface area contributed by atoms with Crippen LogP contribution in [-0.4, -0.2) is 58.3 Å². The number of carbonyl (C=O) groups is 2. The van der Waals surface area contributed by atoms with Crippen molar-refractivity contribution in [3.05, 3.63) is 0 Å². The second-order valence-corrected chi connectivity index (χ2v) is 4.07. The maximum absolute atomic E-state index is 11.0. The standard InChI is InChI=1S/C9H15NO6/c1-9(7(12)13)3-6(16-2)10(8(14)15)4-5(9)11/h5-6,11H,3-4H2,1-2H3,(H,12,13)(H,14,15). The summed E-state index contributed by atoms with van der Waals surface area (Å²) < 4.78 is 4.93. The van der Waals surface area contributed by atoms with Crippen molar-refractivity contribution < 1.29 is 29.6 Å². The van der Waals surface area contributed by atoms with Crippen molar-refractivity contribution in [2.45, 2.75) is 25.7 Å². The summed E-state index contributed by atoms with van der Waals surface area (Å²) in [5.41, 5.74) is -1.38. The molecular weight excluding hydrogens is 218 g/mol. The Morgan fingerprint density at radius 1 is 1.44 bits per heavy atom. The number of piperidine rings is 1. The number of hydrogen-bond acceptors (Lipinski definition) is 4. The lowest BCUT2D eigenvalue weighted by Gasteiger charge is -2.43. The molecule has 92 valence electrons. The van der Waals surface area contributed by atoms with Gasteiger partial charge in [-0.2, -0.15) is 0 Å². The lowest BCUT2D eigenvalue weighted by atomic mass is 9.77. The second kappa shape index (κ2) is 4.26. The average molecular weight is 233 g/mol. The van der Waals surface area contributed by atoms with Crippen LogP contribution in [0.25, 0.3) is 0 Å². The zero-order valence-electron chi connectivity index (χ0n) is 9.08. The van der Waals surface area contributed by atoms with Gasteiger partial charge in [-0.3, -0.25) is 9.69 Å². The number of amides is 1. The molecule has 1 saturated heterocycles. The van der Waals surface area contributed by atoms with E-state index in [0.29, 0.717) is 0 Å². The molecule has 0 aromatic rings. The lowest BCUT2D eigenvalue weighted by molar-refractivity contribution is -0.175. The lowest BCUT2D eigenvalue weighted by Crippen LogP contribution is -2.59. The zero-order valence-corrected chi connectivity index (χ0v) is 9.08. The smallest absolute Gasteiger partial charge is 0.409 e. The normalized spacial score (nSPS) is 34.8. The van der Waals surface area contributed by atoms with Gasteiger partial charge in [0.15, 0.2) is 0 Å². The summed E-state index contributed by atoms with van der Waals surface area (Å²) in [6.07, 6.45) is -3.40. The Morgan fingerprint density at radius 2 is 2.00 bits per heavy atom. The molecule has 0 saturated carbocycles. The van der Waals surface area contributed by atoms with Crippen LogP contribution < -0.4 is 0 Å². The van der Waals surface area contributed by atoms with Crippen molar-refractivity contribution in [3.63, 3.8) is 0 Å². The first kappa shape index (κ1) is 12.7. The van der Waals surface area contributed by atoms with E-state index >= 15 is 0 Å². The highest BCUT2D eigenvalue weighted by Gasteiger charge is 2.50. The van der Waals surface area contributed by atoms with Crippen LogP contribution >= 0.6 is 0 Å². The number of hydrogen-bond donors (Lipinski definition) is 3. The zero-order chi connectivity index (χ0) is 12.5. The largest absolute Gasteiger partial charge is 0.481 e. The molecule has 0 aromatic heterocycles. The van der Waals surface area contributed by atoms with Crippen LogP contribution in [0.4, 0.5) is 4.79 Å². The Bertz CT molecular complexity index is 306. The average Bonchev–Trinajstić information content (AvgIpc) is 2.20. The molecule has 1 amide bonds. The minimum Gasteiger partial charge on any atom is -0.481 e. The summed E-state index contributed by atoms with van der Waals surface area (Å²) in [6.45, 7) is 1.11. The van der Waals surface area contributed by atoms with E-state index in [1.165, 1.54) is 14.0 Å². The third-order valence-corrected chi connectivity index (χ3v) is 3.06. The van der Waals surface area contributed by atoms with Crippen LogP contribution in [-0.2, 0) is 9.53 Å². The Hall–Kier alpha value is -1.34. The van der Waals surface area contributed by atoms with Gasteiger partial charge in [0.2, 0.25) is 0 Å². The van der Waals surface area contributed by atoms with Crippen LogP contribution in [0.2, 0.25) is 0 Å². The van der Waals surface area contributed by atoms with Gasteiger partial charge in [-0.05, 0) is 6.92 Å². The number of ether oxygens (including phenoxy) is 1. The number of rotatable bonds is 2. The fourth-order valence-corrected chi connectivity index (χ4v) is 1.76. The Labute approximate surface area is 92.2 Å². The molecular formula is C9H15NO6. The molecule has 3 unspecified atom stereocenters. The molecule has 0 bridgehead atoms. The minimum absolute atomic E-state index is 0.0771. The van der Waals surface area contributed by atoms with Crippen LogP contribution in [0.1, 0.15) is 13.3 Å². The van der Waals surface area contributed by atoms with Crippen molar-refractivity contribution >= 4 is 12.1 Å². The first-order chi connectivity index (χ1) is 7.32. The molecule has 3 N–H and O–H groups in total. The van der Waals surface area contributed by atoms with Crippen LogP contribution in [0.3, 0.4) is 0 Å². The summed E-state index contributed by atoms with van der Waals surface area (Å²) in [5, 5.41) is 27.6. The second-order valence-electron chi connectivity index (χ2n) is 4.07. The maximum atomic E-state index is 11.0. The van der Waals surface area contributed by atoms with Crippen LogP contribution in [0.15, 0.2) is 0 Å². The van der Waals surface area contributed by atoms with Gasteiger partial charge in [0.05, 0.1) is 18.1 Å². The highest BCUT2D eigenvalue weighted by atomic mass is 16.5. The molecule has 0 spiro atoms. The number of methoxy groups -OCH3 is 1. The topological polar surface area (TPSA) is 107 Å². The number of likely N-dealkylation sites (tertiary alicyclic amines) is 1. The Morgan fingerprint density at radius 3 is 2.38 bits per heavy atom. The van der Waals surface area contributed by atoms with E-state index in [1.807, 2.05) is 0 Å². The number of nitrogens with zero attached hydrogens (tertiary/aromatic N) is 1. The summed E-state index contributed by atoms with van der Waals surface area (Å²) in [6, 6.07) is 0. The molecule has 0 radical (unpaired) electrons. The third kappa shape index (κ3) is 1.96. The summed E-state index contributed by atoms with van der Waals surface area (Å²) in [5.74, 6) is -1.16. The predicted octanol–water partition coefficient (Wildman–Crippen LogP) is -0.206. The third-order valence-electron chi connectivity index (χ3n) is 3.06. The van der Waals surface area contributed by atoms with Crippen molar-refractivity contribution in [1.82, 2.24) is 4.90 Å². The molecule has 1 rings (SSSR count). The Kier molecular flexibility index (Phi) is 3.39. The predicted molar refractivity (Wildman–Crippen MR) is 51.9 cm³/mol. The first-order valence-corrected chi connectivity index (χ1v) is 4.76. The molecule has 3 atom stereocenters. The van der Waals surface area contributed by atoms with Crippen LogP contribution in [0.5, 0.6) is 0 Å². The van der Waals surface area contributed by atoms with E-state index < -0.39 is 29.8 Å². The van der Waals surface area contributed by atoms with Gasteiger partial charge in [-0.25, -0.2) is 4.79 Å². The fourth-order valence-electron chi connectivity index (χ4n) is 1.76. The fraction of sp³-hybridized carbons (Fsp3) is 0.778. The molecule has 0 aromatic carbocycles. The number of aliphatic hydroxyl groups excluding tert-OH is 1. The number of aliphatic hydroxyl groups is 1. The monoisotopic (exact) mass is 233 g/mol. The number of carboxylic acid groups (broad SMARTS) is 2. The maximum Gasteiger partial charge on any atom is 0.409 e. The molecule has 0 aliphatic carbocycles. The Balaban J connectivity index is 2.94. The molecule has 16 heavy (non-hydrogen) atoms. The van der Waals surface area contributed by atoms with Gasteiger partial charge in [-0.15, -0.1) is 0 Å². The van der Waals surface area contributed by atoms with E-state index in [-0.39, 0.29) is 13.0 Å². The summed E-state index contributed by atoms with van der Waals surface area (Å²) in [4.78, 5) is 22.8. The molecule has 1 heterocycles. The summed E-state index contributed by atoms with van der Waals surface area (Å²) >= 11 is 0.